The number of rotatable bonds is 4. The Morgan fingerprint density at radius 2 is 1.89 bits per heavy atom. The Morgan fingerprint density at radius 3 is 2.47 bits per heavy atom. The van der Waals surface area contributed by atoms with Crippen LogP contribution in [0.3, 0.4) is 0 Å². The summed E-state index contributed by atoms with van der Waals surface area (Å²) >= 11 is 11.0. The van der Waals surface area contributed by atoms with E-state index in [0.29, 0.717) is 11.9 Å². The molecule has 0 spiro atoms. The van der Waals surface area contributed by atoms with Gasteiger partial charge < -0.3 is 9.80 Å². The molecule has 2 heterocycles. The summed E-state index contributed by atoms with van der Waals surface area (Å²) in [6.45, 7) is 0.718. The van der Waals surface area contributed by atoms with Crippen molar-refractivity contribution in [1.29, 1.82) is 0 Å². The Morgan fingerprint density at radius 1 is 1.21 bits per heavy atom. The number of halogens is 2. The monoisotopic (exact) mass is 361 g/mol. The largest absolute Gasteiger partial charge is 0.347 e. The second kappa shape index (κ2) is 6.02. The van der Waals surface area contributed by atoms with E-state index in [9.17, 15) is 0 Å². The van der Waals surface area contributed by atoms with Gasteiger partial charge in [0.2, 0.25) is 17.2 Å². The number of aromatic nitrogens is 3. The zero-order valence-corrected chi connectivity index (χ0v) is 13.9. The number of anilines is 2. The fourth-order valence-electron chi connectivity index (χ4n) is 1.47. The number of hydrogen-bond donors (Lipinski definition) is 0. The topological polar surface area (TPSA) is 45.2 Å². The molecule has 0 saturated heterocycles. The fourth-order valence-corrected chi connectivity index (χ4v) is 2.82. The van der Waals surface area contributed by atoms with E-state index in [4.69, 9.17) is 11.6 Å². The van der Waals surface area contributed by atoms with Crippen molar-refractivity contribution in [3.8, 4) is 0 Å². The van der Waals surface area contributed by atoms with E-state index in [2.05, 4.69) is 42.3 Å². The van der Waals surface area contributed by atoms with Gasteiger partial charge in [-0.05, 0) is 44.5 Å². The van der Waals surface area contributed by atoms with Crippen molar-refractivity contribution in [3.05, 3.63) is 26.1 Å². The Labute approximate surface area is 129 Å². The molecule has 0 fully saturated rings. The first-order valence-corrected chi connectivity index (χ1v) is 7.53. The van der Waals surface area contributed by atoms with Crippen LogP contribution in [-0.4, -0.2) is 36.1 Å². The Kier molecular flexibility index (Phi) is 4.59. The van der Waals surface area contributed by atoms with Gasteiger partial charge in [-0.3, -0.25) is 0 Å². The normalized spacial score (nSPS) is 10.6. The lowest BCUT2D eigenvalue weighted by molar-refractivity contribution is 0.844. The highest BCUT2D eigenvalue weighted by atomic mass is 79.9. The molecule has 2 aromatic heterocycles. The number of hydrogen-bond acceptors (Lipinski definition) is 6. The highest BCUT2D eigenvalue weighted by Crippen LogP contribution is 2.23. The SMILES string of the molecule is CN(C)c1nc(Cl)nc(N(C)Cc2csc(Br)c2)n1. The lowest BCUT2D eigenvalue weighted by atomic mass is 10.3. The van der Waals surface area contributed by atoms with Gasteiger partial charge in [-0.25, -0.2) is 0 Å². The molecule has 0 saturated carbocycles. The molecule has 0 atom stereocenters. The summed E-state index contributed by atoms with van der Waals surface area (Å²) in [6.07, 6.45) is 0. The number of thiophene rings is 1. The van der Waals surface area contributed by atoms with Crippen LogP contribution in [-0.2, 0) is 6.54 Å². The van der Waals surface area contributed by atoms with Crippen molar-refractivity contribution in [2.75, 3.05) is 30.9 Å². The van der Waals surface area contributed by atoms with Crippen LogP contribution in [0.2, 0.25) is 5.28 Å². The molecule has 102 valence electrons. The summed E-state index contributed by atoms with van der Waals surface area (Å²) < 4.78 is 1.11. The lowest BCUT2D eigenvalue weighted by Crippen LogP contribution is -2.21. The van der Waals surface area contributed by atoms with Crippen LogP contribution in [0.25, 0.3) is 0 Å². The predicted octanol–water partition coefficient (Wildman–Crippen LogP) is 3.05. The van der Waals surface area contributed by atoms with Gasteiger partial charge in [-0.2, -0.15) is 15.0 Å². The zero-order valence-electron chi connectivity index (χ0n) is 10.8. The molecule has 0 bridgehead atoms. The van der Waals surface area contributed by atoms with Crippen molar-refractivity contribution in [2.45, 2.75) is 6.54 Å². The molecule has 0 aliphatic carbocycles. The second-order valence-electron chi connectivity index (χ2n) is 4.21. The molecule has 0 radical (unpaired) electrons. The Bertz CT molecular complexity index is 574. The van der Waals surface area contributed by atoms with Crippen LogP contribution in [0.4, 0.5) is 11.9 Å². The zero-order chi connectivity index (χ0) is 14.0. The molecule has 0 unspecified atom stereocenters. The first kappa shape index (κ1) is 14.5. The molecule has 0 aliphatic heterocycles. The maximum Gasteiger partial charge on any atom is 0.231 e. The Hall–Kier alpha value is -0.920. The van der Waals surface area contributed by atoms with E-state index < -0.39 is 0 Å². The first-order chi connectivity index (χ1) is 8.95. The van der Waals surface area contributed by atoms with Crippen LogP contribution in [0.1, 0.15) is 5.56 Å². The van der Waals surface area contributed by atoms with Crippen LogP contribution in [0.15, 0.2) is 15.2 Å². The molecule has 0 aromatic carbocycles. The molecule has 0 N–H and O–H groups in total. The van der Waals surface area contributed by atoms with Crippen LogP contribution in [0.5, 0.6) is 0 Å². The van der Waals surface area contributed by atoms with E-state index >= 15 is 0 Å². The average Bonchev–Trinajstić information content (AvgIpc) is 2.73. The van der Waals surface area contributed by atoms with E-state index in [1.165, 1.54) is 5.56 Å². The van der Waals surface area contributed by atoms with E-state index in [1.807, 2.05) is 26.0 Å². The summed E-state index contributed by atoms with van der Waals surface area (Å²) in [5.74, 6) is 1.11. The minimum Gasteiger partial charge on any atom is -0.347 e. The minimum atomic E-state index is 0.201. The molecular weight excluding hydrogens is 350 g/mol. The van der Waals surface area contributed by atoms with Gasteiger partial charge in [-0.1, -0.05) is 0 Å². The lowest BCUT2D eigenvalue weighted by Gasteiger charge is -2.18. The number of nitrogens with zero attached hydrogens (tertiary/aromatic N) is 5. The van der Waals surface area contributed by atoms with E-state index in [0.717, 1.165) is 10.3 Å². The van der Waals surface area contributed by atoms with Gasteiger partial charge in [0, 0.05) is 27.7 Å². The van der Waals surface area contributed by atoms with Gasteiger partial charge >= 0.3 is 0 Å². The quantitative estimate of drug-likeness (QED) is 0.836. The molecule has 8 heteroatoms. The van der Waals surface area contributed by atoms with Crippen molar-refractivity contribution in [2.24, 2.45) is 0 Å². The van der Waals surface area contributed by atoms with Gasteiger partial charge in [-0.15, -0.1) is 11.3 Å². The fraction of sp³-hybridized carbons (Fsp3) is 0.364. The van der Waals surface area contributed by atoms with Gasteiger partial charge in [0.15, 0.2) is 0 Å². The maximum absolute atomic E-state index is 5.92. The van der Waals surface area contributed by atoms with Crippen molar-refractivity contribution in [3.63, 3.8) is 0 Å². The third kappa shape index (κ3) is 3.77. The molecule has 2 aromatic rings. The smallest absolute Gasteiger partial charge is 0.231 e. The summed E-state index contributed by atoms with van der Waals surface area (Å²) in [7, 11) is 5.66. The van der Waals surface area contributed by atoms with E-state index in [1.54, 1.807) is 16.2 Å². The van der Waals surface area contributed by atoms with Gasteiger partial charge in [0.05, 0.1) is 3.79 Å². The van der Waals surface area contributed by atoms with E-state index in [-0.39, 0.29) is 5.28 Å². The summed E-state index contributed by atoms with van der Waals surface area (Å²) in [4.78, 5) is 16.3. The van der Waals surface area contributed by atoms with Gasteiger partial charge in [0.1, 0.15) is 0 Å². The molecule has 0 amide bonds. The van der Waals surface area contributed by atoms with Gasteiger partial charge in [0.25, 0.3) is 0 Å². The standard InChI is InChI=1S/C11H13BrClN5S/c1-17(2)10-14-9(13)15-11(16-10)18(3)5-7-4-8(12)19-6-7/h4,6H,5H2,1-3H3. The first-order valence-electron chi connectivity index (χ1n) is 5.48. The summed E-state index contributed by atoms with van der Waals surface area (Å²) in [5.41, 5.74) is 1.20. The molecular formula is C11H13BrClN5S. The maximum atomic E-state index is 5.92. The highest BCUT2D eigenvalue weighted by molar-refractivity contribution is 9.11. The van der Waals surface area contributed by atoms with Crippen molar-refractivity contribution >= 4 is 50.8 Å². The van der Waals surface area contributed by atoms with Crippen LogP contribution in [0, 0.1) is 0 Å². The summed E-state index contributed by atoms with van der Waals surface area (Å²) in [6, 6.07) is 2.08. The molecule has 0 aliphatic rings. The third-order valence-corrected chi connectivity index (χ3v) is 4.09. The predicted molar refractivity (Wildman–Crippen MR) is 83.3 cm³/mol. The third-order valence-electron chi connectivity index (χ3n) is 2.37. The highest BCUT2D eigenvalue weighted by Gasteiger charge is 2.11. The van der Waals surface area contributed by atoms with Crippen molar-refractivity contribution < 1.29 is 0 Å². The Balaban J connectivity index is 2.20. The summed E-state index contributed by atoms with van der Waals surface area (Å²) in [5, 5.41) is 2.29. The van der Waals surface area contributed by atoms with Crippen molar-refractivity contribution in [1.82, 2.24) is 15.0 Å². The van der Waals surface area contributed by atoms with Crippen LogP contribution < -0.4 is 9.80 Å². The second-order valence-corrected chi connectivity index (χ2v) is 6.84. The molecule has 19 heavy (non-hydrogen) atoms. The van der Waals surface area contributed by atoms with Crippen LogP contribution >= 0.6 is 38.9 Å². The molecule has 2 rings (SSSR count). The average molecular weight is 363 g/mol. The molecule has 5 nitrogen and oxygen atoms in total. The minimum absolute atomic E-state index is 0.201.